The van der Waals surface area contributed by atoms with Gasteiger partial charge in [0.1, 0.15) is 5.82 Å². The van der Waals surface area contributed by atoms with Crippen molar-refractivity contribution >= 4 is 28.7 Å². The van der Waals surface area contributed by atoms with Crippen molar-refractivity contribution in [1.82, 2.24) is 10.9 Å². The Morgan fingerprint density at radius 1 is 0.885 bits per heavy atom. The maximum atomic E-state index is 13.5. The van der Waals surface area contributed by atoms with E-state index < -0.39 is 11.7 Å². The molecule has 0 unspecified atom stereocenters. The molecule has 2 amide bonds. The van der Waals surface area contributed by atoms with Crippen molar-refractivity contribution in [1.29, 1.82) is 0 Å². The van der Waals surface area contributed by atoms with E-state index in [1.165, 1.54) is 12.1 Å². The molecule has 0 fully saturated rings. The van der Waals surface area contributed by atoms with E-state index in [0.29, 0.717) is 5.56 Å². The number of hydrogen-bond acceptors (Lipinski definition) is 2. The highest BCUT2D eigenvalue weighted by molar-refractivity contribution is 5.94. The second-order valence-corrected chi connectivity index (χ2v) is 5.71. The van der Waals surface area contributed by atoms with Crippen LogP contribution in [0, 0.1) is 5.82 Å². The van der Waals surface area contributed by atoms with Crippen LogP contribution in [0.3, 0.4) is 0 Å². The van der Waals surface area contributed by atoms with Gasteiger partial charge >= 0.3 is 0 Å². The van der Waals surface area contributed by atoms with Crippen molar-refractivity contribution in [2.75, 3.05) is 0 Å². The van der Waals surface area contributed by atoms with Crippen LogP contribution in [0.2, 0.25) is 0 Å². The standard InChI is InChI=1S/C21H17FN2O2/c22-19-11-4-2-7-16(19)12-13-20(25)23-24-21(26)14-17-9-5-8-15-6-1-3-10-18(15)17/h1-13H,14H2,(H,23,25)(H,24,26)/b13-12+. The first-order chi connectivity index (χ1) is 12.6. The van der Waals surface area contributed by atoms with Crippen LogP contribution in [0.15, 0.2) is 72.8 Å². The lowest BCUT2D eigenvalue weighted by atomic mass is 10.0. The first-order valence-electron chi connectivity index (χ1n) is 8.11. The molecule has 0 aliphatic rings. The monoisotopic (exact) mass is 348 g/mol. The molecule has 0 saturated heterocycles. The Morgan fingerprint density at radius 3 is 2.46 bits per heavy atom. The Balaban J connectivity index is 1.57. The van der Waals surface area contributed by atoms with Crippen LogP contribution in [0.25, 0.3) is 16.8 Å². The number of fused-ring (bicyclic) bond motifs is 1. The van der Waals surface area contributed by atoms with E-state index in [1.807, 2.05) is 42.5 Å². The van der Waals surface area contributed by atoms with Crippen LogP contribution in [0.4, 0.5) is 4.39 Å². The van der Waals surface area contributed by atoms with Crippen molar-refractivity contribution in [2.24, 2.45) is 0 Å². The van der Waals surface area contributed by atoms with Gasteiger partial charge in [-0.1, -0.05) is 60.7 Å². The van der Waals surface area contributed by atoms with E-state index in [2.05, 4.69) is 10.9 Å². The molecular formula is C21H17FN2O2. The summed E-state index contributed by atoms with van der Waals surface area (Å²) in [6, 6.07) is 19.6. The Bertz CT molecular complexity index is 977. The predicted octanol–water partition coefficient (Wildman–Crippen LogP) is 3.38. The molecule has 3 aromatic rings. The van der Waals surface area contributed by atoms with Crippen molar-refractivity contribution in [3.63, 3.8) is 0 Å². The molecule has 4 nitrogen and oxygen atoms in total. The Morgan fingerprint density at radius 2 is 1.62 bits per heavy atom. The Hall–Kier alpha value is -3.47. The molecule has 0 atom stereocenters. The second kappa shape index (κ2) is 8.07. The number of rotatable bonds is 4. The molecule has 0 aliphatic heterocycles. The number of carbonyl (C=O) groups is 2. The Kier molecular flexibility index (Phi) is 5.39. The maximum absolute atomic E-state index is 13.5. The zero-order valence-electron chi connectivity index (χ0n) is 13.9. The molecule has 0 heterocycles. The van der Waals surface area contributed by atoms with Crippen molar-refractivity contribution in [2.45, 2.75) is 6.42 Å². The molecular weight excluding hydrogens is 331 g/mol. The van der Waals surface area contributed by atoms with E-state index in [1.54, 1.807) is 18.2 Å². The molecule has 0 aromatic heterocycles. The number of hydrazine groups is 1. The van der Waals surface area contributed by atoms with Gasteiger partial charge in [-0.15, -0.1) is 0 Å². The summed E-state index contributed by atoms with van der Waals surface area (Å²) in [7, 11) is 0. The third-order valence-electron chi connectivity index (χ3n) is 3.88. The van der Waals surface area contributed by atoms with E-state index in [9.17, 15) is 14.0 Å². The van der Waals surface area contributed by atoms with E-state index in [4.69, 9.17) is 0 Å². The molecule has 0 spiro atoms. The summed E-state index contributed by atoms with van der Waals surface area (Å²) in [5.74, 6) is -1.30. The zero-order valence-corrected chi connectivity index (χ0v) is 13.9. The fraction of sp³-hybridized carbons (Fsp3) is 0.0476. The van der Waals surface area contributed by atoms with Crippen LogP contribution >= 0.6 is 0 Å². The van der Waals surface area contributed by atoms with Gasteiger partial charge < -0.3 is 0 Å². The van der Waals surface area contributed by atoms with Crippen molar-refractivity contribution in [3.05, 3.63) is 89.8 Å². The third-order valence-corrected chi connectivity index (χ3v) is 3.88. The van der Waals surface area contributed by atoms with Crippen LogP contribution in [-0.4, -0.2) is 11.8 Å². The van der Waals surface area contributed by atoms with Gasteiger partial charge in [0, 0.05) is 11.6 Å². The molecule has 2 N–H and O–H groups in total. The summed E-state index contributed by atoms with van der Waals surface area (Å²) in [5.41, 5.74) is 5.82. The summed E-state index contributed by atoms with van der Waals surface area (Å²) in [6.45, 7) is 0. The summed E-state index contributed by atoms with van der Waals surface area (Å²) in [5, 5.41) is 2.05. The lowest BCUT2D eigenvalue weighted by Crippen LogP contribution is -2.41. The summed E-state index contributed by atoms with van der Waals surface area (Å²) >= 11 is 0. The van der Waals surface area contributed by atoms with Gasteiger partial charge in [0.25, 0.3) is 5.91 Å². The van der Waals surface area contributed by atoms with Crippen LogP contribution in [0.5, 0.6) is 0 Å². The van der Waals surface area contributed by atoms with Crippen molar-refractivity contribution < 1.29 is 14.0 Å². The topological polar surface area (TPSA) is 58.2 Å². The van der Waals surface area contributed by atoms with Gasteiger partial charge in [0.05, 0.1) is 6.42 Å². The summed E-state index contributed by atoms with van der Waals surface area (Å²) in [6.07, 6.45) is 2.65. The van der Waals surface area contributed by atoms with Crippen LogP contribution in [-0.2, 0) is 16.0 Å². The fourth-order valence-electron chi connectivity index (χ4n) is 2.61. The molecule has 0 saturated carbocycles. The minimum atomic E-state index is -0.542. The number of amides is 2. The van der Waals surface area contributed by atoms with Gasteiger partial charge in [0.2, 0.25) is 5.91 Å². The number of benzene rings is 3. The number of nitrogens with one attached hydrogen (secondary N) is 2. The molecule has 0 radical (unpaired) electrons. The number of halogens is 1. The molecule has 3 rings (SSSR count). The lowest BCUT2D eigenvalue weighted by Gasteiger charge is -2.08. The highest BCUT2D eigenvalue weighted by Crippen LogP contribution is 2.18. The first kappa shape index (κ1) is 17.4. The normalized spacial score (nSPS) is 10.8. The molecule has 130 valence electrons. The minimum Gasteiger partial charge on any atom is -0.273 e. The van der Waals surface area contributed by atoms with E-state index in [0.717, 1.165) is 22.4 Å². The largest absolute Gasteiger partial charge is 0.273 e. The van der Waals surface area contributed by atoms with Gasteiger partial charge in [0.15, 0.2) is 0 Å². The SMILES string of the molecule is O=C(/C=C/c1ccccc1F)NNC(=O)Cc1cccc2ccccc12. The lowest BCUT2D eigenvalue weighted by molar-refractivity contribution is -0.126. The molecule has 0 aliphatic carbocycles. The molecule has 5 heteroatoms. The average molecular weight is 348 g/mol. The van der Waals surface area contributed by atoms with Crippen molar-refractivity contribution in [3.8, 4) is 0 Å². The second-order valence-electron chi connectivity index (χ2n) is 5.71. The number of hydrogen-bond donors (Lipinski definition) is 2. The molecule has 26 heavy (non-hydrogen) atoms. The minimum absolute atomic E-state index is 0.138. The molecule has 0 bridgehead atoms. The van der Waals surface area contributed by atoms with Gasteiger partial charge in [-0.2, -0.15) is 0 Å². The third kappa shape index (κ3) is 4.33. The van der Waals surface area contributed by atoms with E-state index >= 15 is 0 Å². The maximum Gasteiger partial charge on any atom is 0.262 e. The zero-order chi connectivity index (χ0) is 18.4. The van der Waals surface area contributed by atoms with Gasteiger partial charge in [-0.05, 0) is 28.5 Å². The van der Waals surface area contributed by atoms with Crippen LogP contribution in [0.1, 0.15) is 11.1 Å². The fourth-order valence-corrected chi connectivity index (χ4v) is 2.61. The first-order valence-corrected chi connectivity index (χ1v) is 8.11. The summed E-state index contributed by atoms with van der Waals surface area (Å²) in [4.78, 5) is 23.8. The predicted molar refractivity (Wildman–Crippen MR) is 99.4 cm³/mol. The van der Waals surface area contributed by atoms with Gasteiger partial charge in [-0.3, -0.25) is 20.4 Å². The smallest absolute Gasteiger partial charge is 0.262 e. The number of carbonyl (C=O) groups excluding carboxylic acids is 2. The van der Waals surface area contributed by atoms with Gasteiger partial charge in [-0.25, -0.2) is 4.39 Å². The Labute approximate surface area is 150 Å². The quantitative estimate of drug-likeness (QED) is 0.561. The average Bonchev–Trinajstić information content (AvgIpc) is 2.66. The summed E-state index contributed by atoms with van der Waals surface area (Å²) < 4.78 is 13.5. The highest BCUT2D eigenvalue weighted by atomic mass is 19.1. The van der Waals surface area contributed by atoms with E-state index in [-0.39, 0.29) is 12.3 Å². The molecule has 3 aromatic carbocycles. The van der Waals surface area contributed by atoms with Crippen LogP contribution < -0.4 is 10.9 Å². The highest BCUT2D eigenvalue weighted by Gasteiger charge is 2.07.